The van der Waals surface area contributed by atoms with Gasteiger partial charge in [-0.3, -0.25) is 0 Å². The Morgan fingerprint density at radius 1 is 0.302 bits per heavy atom. The Bertz CT molecular complexity index is 3540. The molecule has 0 atom stereocenters. The van der Waals surface area contributed by atoms with Crippen LogP contribution in [0.25, 0.3) is 66.1 Å². The molecule has 0 N–H and O–H groups in total. The van der Waals surface area contributed by atoms with Crippen LogP contribution in [0.4, 0.5) is 34.1 Å². The molecule has 0 fully saturated rings. The smallest absolute Gasteiger partial charge is 0.159 e. The fourth-order valence-electron chi connectivity index (χ4n) is 9.59. The summed E-state index contributed by atoms with van der Waals surface area (Å²) in [7, 11) is 0. The fraction of sp³-hybridized carbons (Fsp3) is 0. The van der Waals surface area contributed by atoms with Crippen molar-refractivity contribution in [2.24, 2.45) is 0 Å². The van der Waals surface area contributed by atoms with Gasteiger partial charge in [-0.05, 0) is 119 Å². The van der Waals surface area contributed by atoms with E-state index in [1.54, 1.807) is 0 Å². The van der Waals surface area contributed by atoms with Crippen molar-refractivity contribution < 1.29 is 13.9 Å². The summed E-state index contributed by atoms with van der Waals surface area (Å²) in [5.74, 6) is 3.22. The molecule has 63 heavy (non-hydrogen) atoms. The largest absolute Gasteiger partial charge is 0.456 e. The maximum Gasteiger partial charge on any atom is 0.159 e. The summed E-state index contributed by atoms with van der Waals surface area (Å²) in [5.41, 5.74) is 14.3. The first kappa shape index (κ1) is 35.2. The Morgan fingerprint density at radius 2 is 0.794 bits per heavy atom. The average molecular weight is 809 g/mol. The highest BCUT2D eigenvalue weighted by molar-refractivity contribution is 6.15. The van der Waals surface area contributed by atoms with E-state index < -0.39 is 0 Å². The van der Waals surface area contributed by atoms with Crippen molar-refractivity contribution in [3.8, 4) is 56.4 Å². The zero-order valence-electron chi connectivity index (χ0n) is 33.9. The quantitative estimate of drug-likeness (QED) is 0.160. The van der Waals surface area contributed by atoms with Crippen molar-refractivity contribution >= 4 is 66.8 Å². The van der Waals surface area contributed by atoms with E-state index in [1.807, 2.05) is 24.3 Å². The summed E-state index contributed by atoms with van der Waals surface area (Å²) >= 11 is 0. The van der Waals surface area contributed by atoms with Crippen molar-refractivity contribution in [2.45, 2.75) is 0 Å². The molecule has 0 saturated carbocycles. The first-order valence-electron chi connectivity index (χ1n) is 21.2. The van der Waals surface area contributed by atoms with Gasteiger partial charge in [0.2, 0.25) is 0 Å². The Hall–Kier alpha value is -8.54. The molecule has 0 unspecified atom stereocenters. The van der Waals surface area contributed by atoms with Gasteiger partial charge in [0.25, 0.3) is 0 Å². The highest BCUT2D eigenvalue weighted by Gasteiger charge is 2.30. The van der Waals surface area contributed by atoms with Crippen LogP contribution >= 0.6 is 0 Å². The second kappa shape index (κ2) is 14.0. The summed E-state index contributed by atoms with van der Waals surface area (Å²) in [6.45, 7) is 0. The van der Waals surface area contributed by atoms with Gasteiger partial charge in [0.15, 0.2) is 5.58 Å². The number of anilines is 6. The van der Waals surface area contributed by atoms with Crippen LogP contribution in [-0.2, 0) is 0 Å². The molecule has 2 aliphatic heterocycles. The maximum absolute atomic E-state index is 6.94. The molecule has 11 aromatic rings. The number of benzene rings is 10. The third-order valence-corrected chi connectivity index (χ3v) is 12.4. The minimum atomic E-state index is 0.785. The second-order valence-corrected chi connectivity index (χ2v) is 16.0. The Morgan fingerprint density at radius 3 is 1.44 bits per heavy atom. The average Bonchev–Trinajstić information content (AvgIpc) is 3.73. The molecule has 0 aliphatic carbocycles. The van der Waals surface area contributed by atoms with Crippen LogP contribution in [0.2, 0.25) is 0 Å². The minimum Gasteiger partial charge on any atom is -0.456 e. The first-order valence-corrected chi connectivity index (χ1v) is 21.2. The third kappa shape index (κ3) is 5.64. The Kier molecular flexibility index (Phi) is 7.84. The Balaban J connectivity index is 0.931. The number of hydrogen-bond donors (Lipinski definition) is 0. The molecule has 2 aliphatic rings. The van der Waals surface area contributed by atoms with Crippen LogP contribution < -0.4 is 19.3 Å². The van der Waals surface area contributed by atoms with E-state index in [4.69, 9.17) is 13.9 Å². The lowest BCUT2D eigenvalue weighted by atomic mass is 9.88. The molecule has 0 amide bonds. The molecule has 5 heteroatoms. The molecule has 10 aromatic carbocycles. The maximum atomic E-state index is 6.94. The number of hydrogen-bond acceptors (Lipinski definition) is 5. The van der Waals surface area contributed by atoms with Gasteiger partial charge < -0.3 is 23.7 Å². The van der Waals surface area contributed by atoms with Gasteiger partial charge >= 0.3 is 0 Å². The normalized spacial score (nSPS) is 12.1. The predicted molar refractivity (Wildman–Crippen MR) is 257 cm³/mol. The highest BCUT2D eigenvalue weighted by Crippen LogP contribution is 2.56. The molecule has 0 spiro atoms. The van der Waals surface area contributed by atoms with E-state index in [0.717, 1.165) is 123 Å². The van der Waals surface area contributed by atoms with Gasteiger partial charge in [-0.25, -0.2) is 0 Å². The molecule has 0 bridgehead atoms. The fourth-order valence-corrected chi connectivity index (χ4v) is 9.59. The van der Waals surface area contributed by atoms with E-state index in [-0.39, 0.29) is 0 Å². The molecule has 5 nitrogen and oxygen atoms in total. The van der Waals surface area contributed by atoms with Gasteiger partial charge in [-0.2, -0.15) is 0 Å². The Labute approximate surface area is 363 Å². The van der Waals surface area contributed by atoms with Gasteiger partial charge in [0.1, 0.15) is 28.6 Å². The van der Waals surface area contributed by atoms with Crippen LogP contribution in [0, 0.1) is 0 Å². The number of ether oxygens (including phenoxy) is 2. The van der Waals surface area contributed by atoms with E-state index in [2.05, 4.69) is 204 Å². The van der Waals surface area contributed by atoms with E-state index in [0.29, 0.717) is 0 Å². The molecule has 1 aromatic heterocycles. The first-order chi connectivity index (χ1) is 31.2. The predicted octanol–water partition coefficient (Wildman–Crippen LogP) is 16.9. The van der Waals surface area contributed by atoms with Crippen LogP contribution in [-0.4, -0.2) is 0 Å². The number of furan rings is 1. The molecule has 0 radical (unpaired) electrons. The second-order valence-electron chi connectivity index (χ2n) is 16.0. The molecule has 3 heterocycles. The summed E-state index contributed by atoms with van der Waals surface area (Å²) < 4.78 is 20.4. The van der Waals surface area contributed by atoms with Crippen LogP contribution in [0.1, 0.15) is 0 Å². The summed E-state index contributed by atoms with van der Waals surface area (Å²) in [6, 6.07) is 76.4. The zero-order chi connectivity index (χ0) is 41.4. The minimum absolute atomic E-state index is 0.785. The van der Waals surface area contributed by atoms with Crippen molar-refractivity contribution in [3.05, 3.63) is 218 Å². The molecular formula is C58H36N2O3. The van der Waals surface area contributed by atoms with Gasteiger partial charge in [-0.1, -0.05) is 109 Å². The summed E-state index contributed by atoms with van der Waals surface area (Å²) in [5, 5.41) is 4.26. The van der Waals surface area contributed by atoms with Crippen molar-refractivity contribution in [3.63, 3.8) is 0 Å². The van der Waals surface area contributed by atoms with Gasteiger partial charge in [-0.15, -0.1) is 0 Å². The van der Waals surface area contributed by atoms with E-state index in [1.165, 1.54) is 0 Å². The lowest BCUT2D eigenvalue weighted by Crippen LogP contribution is -2.11. The van der Waals surface area contributed by atoms with E-state index >= 15 is 0 Å². The molecular weight excluding hydrogens is 773 g/mol. The van der Waals surface area contributed by atoms with Crippen LogP contribution in [0.15, 0.2) is 223 Å². The topological polar surface area (TPSA) is 38.1 Å². The van der Waals surface area contributed by atoms with Crippen molar-refractivity contribution in [1.29, 1.82) is 0 Å². The highest BCUT2D eigenvalue weighted by atomic mass is 16.5. The van der Waals surface area contributed by atoms with Gasteiger partial charge in [0, 0.05) is 67.6 Å². The third-order valence-electron chi connectivity index (χ3n) is 12.4. The van der Waals surface area contributed by atoms with Crippen molar-refractivity contribution in [1.82, 2.24) is 0 Å². The summed E-state index contributed by atoms with van der Waals surface area (Å²) in [4.78, 5) is 4.54. The molecule has 296 valence electrons. The van der Waals surface area contributed by atoms with E-state index in [9.17, 15) is 0 Å². The molecule has 0 saturated heterocycles. The lowest BCUT2D eigenvalue weighted by molar-refractivity contribution is 0.480. The number of nitrogens with zero attached hydrogens (tertiary/aromatic N) is 2. The number of para-hydroxylation sites is 4. The van der Waals surface area contributed by atoms with Crippen molar-refractivity contribution in [2.75, 3.05) is 9.80 Å². The van der Waals surface area contributed by atoms with Gasteiger partial charge in [0.05, 0.1) is 11.4 Å². The van der Waals surface area contributed by atoms with Crippen LogP contribution in [0.3, 0.4) is 0 Å². The monoisotopic (exact) mass is 808 g/mol. The summed E-state index contributed by atoms with van der Waals surface area (Å²) in [6.07, 6.45) is 0. The zero-order valence-corrected chi connectivity index (χ0v) is 33.9. The molecule has 13 rings (SSSR count). The standard InChI is InChI=1S/C58H36N2O3/c1-4-14-37(15-5-1)38-16-12-21-41(34-38)60(50-24-13-23-49-44-22-10-11-25-51(44)63-58(49)50)43-27-29-46-48-31-32-52-56-47(30-33-53(57(48)56)62-55(46)36-43)45-28-26-42(35-54(45)61-52)59(39-17-6-2-7-18-39)40-19-8-3-9-20-40/h1-36H. The number of rotatable bonds is 7. The SMILES string of the molecule is c1ccc(-c2cccc(N(c3ccc4c(c3)Oc3ccc5c6c(ccc-4c36)Oc3cc(N(c4ccccc4)c4ccccc4)ccc3-5)c3cccc4c3oc3ccccc34)c2)cc1. The number of fused-ring (bicyclic) bond motifs is 7. The lowest BCUT2D eigenvalue weighted by Gasteiger charge is -2.30. The van der Waals surface area contributed by atoms with Crippen LogP contribution in [0.5, 0.6) is 23.0 Å².